The van der Waals surface area contributed by atoms with Crippen LogP contribution in [0.25, 0.3) is 4.91 Å². The minimum atomic E-state index is -3.67. The molecule has 0 radical (unpaired) electrons. The molecule has 2 rings (SSSR count). The number of sulfonamides is 1. The van der Waals surface area contributed by atoms with Gasteiger partial charge in [0, 0.05) is 10.6 Å². The van der Waals surface area contributed by atoms with Gasteiger partial charge < -0.3 is 5.11 Å². The van der Waals surface area contributed by atoms with Gasteiger partial charge in [-0.1, -0.05) is 29.8 Å². The van der Waals surface area contributed by atoms with E-state index in [2.05, 4.69) is 4.72 Å². The van der Waals surface area contributed by atoms with Crippen molar-refractivity contribution in [1.82, 2.24) is 4.72 Å². The van der Waals surface area contributed by atoms with Gasteiger partial charge in [-0.05, 0) is 13.0 Å². The summed E-state index contributed by atoms with van der Waals surface area (Å²) in [7, 11) is -3.67. The van der Waals surface area contributed by atoms with Gasteiger partial charge in [0.05, 0.1) is 6.04 Å². The topological polar surface area (TPSA) is 66.4 Å². The monoisotopic (exact) mass is 259 g/mol. The van der Waals surface area contributed by atoms with Gasteiger partial charge in [0.2, 0.25) is 10.0 Å². The first-order valence-corrected chi connectivity index (χ1v) is 6.50. The van der Waals surface area contributed by atoms with Gasteiger partial charge in [0.25, 0.3) is 0 Å². The third kappa shape index (κ3) is 1.71. The van der Waals surface area contributed by atoms with E-state index in [1.54, 1.807) is 31.2 Å². The Kier molecular flexibility index (Phi) is 2.69. The van der Waals surface area contributed by atoms with Crippen molar-refractivity contribution >= 4 is 26.5 Å². The molecule has 0 spiro atoms. The molecule has 0 fully saturated rings. The molecular formula is C10H10ClNO3S. The molecule has 1 unspecified atom stereocenters. The fraction of sp³-hybridized carbons (Fsp3) is 0.200. The Morgan fingerprint density at radius 3 is 2.50 bits per heavy atom. The zero-order chi connectivity index (χ0) is 11.9. The molecule has 86 valence electrons. The van der Waals surface area contributed by atoms with Crippen LogP contribution in [0.15, 0.2) is 30.0 Å². The summed E-state index contributed by atoms with van der Waals surface area (Å²) in [5, 5.41) is 10.0. The molecule has 1 aliphatic rings. The number of benzene rings is 1. The Balaban J connectivity index is 2.69. The molecule has 4 nitrogen and oxygen atoms in total. The molecule has 16 heavy (non-hydrogen) atoms. The molecule has 1 atom stereocenters. The van der Waals surface area contributed by atoms with Gasteiger partial charge in [-0.15, -0.1) is 0 Å². The highest BCUT2D eigenvalue weighted by Crippen LogP contribution is 2.34. The van der Waals surface area contributed by atoms with E-state index in [-0.39, 0.29) is 10.7 Å². The number of hydrogen-bond acceptors (Lipinski definition) is 3. The highest BCUT2D eigenvalue weighted by atomic mass is 35.5. The lowest BCUT2D eigenvalue weighted by molar-refractivity contribution is 0.376. The van der Waals surface area contributed by atoms with Crippen LogP contribution in [0.4, 0.5) is 0 Å². The Labute approximate surface area is 98.6 Å². The molecule has 1 heterocycles. The lowest BCUT2D eigenvalue weighted by Crippen LogP contribution is -2.25. The van der Waals surface area contributed by atoms with Crippen LogP contribution in [0.5, 0.6) is 0 Å². The number of aliphatic hydroxyl groups excluding tert-OH is 1. The standard InChI is InChI=1S/C10H10ClNO3S/c1-6-9(13)10(16(14,15)12-6)7-4-2-3-5-8(7)11/h2-6,12-13H,1H3. The number of nitrogens with one attached hydrogen (secondary N) is 1. The van der Waals surface area contributed by atoms with Crippen molar-refractivity contribution in [3.05, 3.63) is 40.6 Å². The number of aliphatic hydroxyl groups is 1. The molecule has 0 aliphatic carbocycles. The maximum absolute atomic E-state index is 11.7. The van der Waals surface area contributed by atoms with Crippen LogP contribution in [-0.2, 0) is 10.0 Å². The van der Waals surface area contributed by atoms with Crippen LogP contribution in [-0.4, -0.2) is 19.6 Å². The first kappa shape index (κ1) is 11.4. The molecule has 1 aliphatic heterocycles. The quantitative estimate of drug-likeness (QED) is 0.809. The maximum atomic E-state index is 11.7. The SMILES string of the molecule is CC1NS(=O)(=O)C(c2ccccc2Cl)=C1O. The predicted octanol–water partition coefficient (Wildman–Crippen LogP) is 1.89. The first-order valence-electron chi connectivity index (χ1n) is 4.64. The van der Waals surface area contributed by atoms with Crippen LogP contribution < -0.4 is 4.72 Å². The molecule has 1 aromatic rings. The second-order valence-electron chi connectivity index (χ2n) is 3.54. The van der Waals surface area contributed by atoms with Crippen molar-refractivity contribution in [2.24, 2.45) is 0 Å². The zero-order valence-corrected chi connectivity index (χ0v) is 10.0. The normalized spacial score (nSPS) is 23.8. The van der Waals surface area contributed by atoms with E-state index in [0.29, 0.717) is 10.6 Å². The summed E-state index contributed by atoms with van der Waals surface area (Å²) in [6.45, 7) is 1.57. The summed E-state index contributed by atoms with van der Waals surface area (Å²) < 4.78 is 25.8. The highest BCUT2D eigenvalue weighted by Gasteiger charge is 2.36. The Bertz CT molecular complexity index is 565. The minimum absolute atomic E-state index is 0.134. The molecular weight excluding hydrogens is 250 g/mol. The maximum Gasteiger partial charge on any atom is 0.245 e. The lowest BCUT2D eigenvalue weighted by atomic mass is 10.1. The Hall–Kier alpha value is -1.04. The average Bonchev–Trinajstić information content (AvgIpc) is 2.38. The lowest BCUT2D eigenvalue weighted by Gasteiger charge is -2.04. The number of rotatable bonds is 1. The summed E-state index contributed by atoms with van der Waals surface area (Å²) >= 11 is 5.91. The minimum Gasteiger partial charge on any atom is -0.509 e. The molecule has 0 bridgehead atoms. The fourth-order valence-electron chi connectivity index (χ4n) is 1.61. The summed E-state index contributed by atoms with van der Waals surface area (Å²) in [6, 6.07) is 5.89. The van der Waals surface area contributed by atoms with Crippen molar-refractivity contribution in [3.63, 3.8) is 0 Å². The largest absolute Gasteiger partial charge is 0.509 e. The van der Waals surface area contributed by atoms with E-state index in [0.717, 1.165) is 0 Å². The van der Waals surface area contributed by atoms with E-state index in [9.17, 15) is 13.5 Å². The smallest absolute Gasteiger partial charge is 0.245 e. The van der Waals surface area contributed by atoms with Crippen LogP contribution in [0.2, 0.25) is 5.02 Å². The third-order valence-electron chi connectivity index (χ3n) is 2.36. The zero-order valence-electron chi connectivity index (χ0n) is 8.44. The van der Waals surface area contributed by atoms with Gasteiger partial charge in [-0.2, -0.15) is 0 Å². The van der Waals surface area contributed by atoms with E-state index in [1.807, 2.05) is 0 Å². The molecule has 2 N–H and O–H groups in total. The molecule has 0 saturated carbocycles. The van der Waals surface area contributed by atoms with E-state index >= 15 is 0 Å². The molecule has 1 aromatic carbocycles. The van der Waals surface area contributed by atoms with Gasteiger partial charge in [-0.25, -0.2) is 13.1 Å². The summed E-state index contributed by atoms with van der Waals surface area (Å²) in [4.78, 5) is -0.134. The van der Waals surface area contributed by atoms with Gasteiger partial charge in [0.1, 0.15) is 10.7 Å². The second kappa shape index (κ2) is 3.76. The third-order valence-corrected chi connectivity index (χ3v) is 4.32. The van der Waals surface area contributed by atoms with Crippen molar-refractivity contribution in [3.8, 4) is 0 Å². The van der Waals surface area contributed by atoms with Crippen molar-refractivity contribution in [1.29, 1.82) is 0 Å². The Morgan fingerprint density at radius 2 is 2.00 bits per heavy atom. The predicted molar refractivity (Wildman–Crippen MR) is 62.5 cm³/mol. The van der Waals surface area contributed by atoms with E-state index in [4.69, 9.17) is 11.6 Å². The number of halogens is 1. The number of hydrogen-bond donors (Lipinski definition) is 2. The van der Waals surface area contributed by atoms with Crippen molar-refractivity contribution in [2.75, 3.05) is 0 Å². The molecule has 0 aromatic heterocycles. The summed E-state index contributed by atoms with van der Waals surface area (Å²) in [5.74, 6) is -0.201. The van der Waals surface area contributed by atoms with E-state index < -0.39 is 16.1 Å². The van der Waals surface area contributed by atoms with Crippen molar-refractivity contribution < 1.29 is 13.5 Å². The summed E-state index contributed by atoms with van der Waals surface area (Å²) in [5.41, 5.74) is 0.318. The van der Waals surface area contributed by atoms with Gasteiger partial charge in [-0.3, -0.25) is 0 Å². The molecule has 0 amide bonds. The van der Waals surface area contributed by atoms with E-state index in [1.165, 1.54) is 0 Å². The Morgan fingerprint density at radius 1 is 1.38 bits per heavy atom. The molecule has 6 heteroatoms. The molecule has 0 saturated heterocycles. The van der Waals surface area contributed by atoms with Crippen molar-refractivity contribution in [2.45, 2.75) is 13.0 Å². The first-order chi connectivity index (χ1) is 7.43. The fourth-order valence-corrected chi connectivity index (χ4v) is 3.51. The van der Waals surface area contributed by atoms with Crippen LogP contribution in [0.1, 0.15) is 12.5 Å². The van der Waals surface area contributed by atoms with Gasteiger partial charge >= 0.3 is 0 Å². The van der Waals surface area contributed by atoms with Crippen LogP contribution in [0.3, 0.4) is 0 Å². The average molecular weight is 260 g/mol. The highest BCUT2D eigenvalue weighted by molar-refractivity contribution is 7.99. The summed E-state index contributed by atoms with van der Waals surface area (Å²) in [6.07, 6.45) is 0. The van der Waals surface area contributed by atoms with Crippen LogP contribution >= 0.6 is 11.6 Å². The second-order valence-corrected chi connectivity index (χ2v) is 5.60. The van der Waals surface area contributed by atoms with Gasteiger partial charge in [0.15, 0.2) is 0 Å². The van der Waals surface area contributed by atoms with Crippen LogP contribution in [0, 0.1) is 0 Å².